The molecule has 2 rings (SSSR count). The van der Waals surface area contributed by atoms with Gasteiger partial charge in [-0.05, 0) is 24.8 Å². The van der Waals surface area contributed by atoms with Crippen LogP contribution in [0.15, 0.2) is 30.3 Å². The largest absolute Gasteiger partial charge is 0.480 e. The second-order valence-corrected chi connectivity index (χ2v) is 5.85. The predicted octanol–water partition coefficient (Wildman–Crippen LogP) is 0.981. The first-order valence-corrected chi connectivity index (χ1v) is 7.83. The molecule has 0 aromatic heterocycles. The zero-order valence-corrected chi connectivity index (χ0v) is 13.0. The van der Waals surface area contributed by atoms with Gasteiger partial charge in [-0.2, -0.15) is 0 Å². The molecule has 124 valence electrons. The Morgan fingerprint density at radius 1 is 1.22 bits per heavy atom. The molecule has 1 aromatic carbocycles. The molecule has 0 radical (unpaired) electrons. The van der Waals surface area contributed by atoms with E-state index in [1.165, 1.54) is 4.90 Å². The number of benzene rings is 1. The molecule has 0 bridgehead atoms. The normalized spacial score (nSPS) is 18.7. The summed E-state index contributed by atoms with van der Waals surface area (Å²) in [5, 5.41) is 9.08. The number of amides is 1. The summed E-state index contributed by atoms with van der Waals surface area (Å²) in [7, 11) is 0. The second kappa shape index (κ2) is 7.87. The number of nitrogens with two attached hydrogens (primary N) is 1. The van der Waals surface area contributed by atoms with Crippen molar-refractivity contribution in [2.24, 2.45) is 5.73 Å². The molecule has 1 fully saturated rings. The van der Waals surface area contributed by atoms with Gasteiger partial charge in [-0.1, -0.05) is 30.3 Å². The highest BCUT2D eigenvalue weighted by atomic mass is 16.4. The van der Waals surface area contributed by atoms with Crippen LogP contribution in [0.1, 0.15) is 31.2 Å². The van der Waals surface area contributed by atoms with E-state index in [2.05, 4.69) is 0 Å². The fraction of sp³-hybridized carbons (Fsp3) is 0.471. The lowest BCUT2D eigenvalue weighted by Crippen LogP contribution is -2.41. The zero-order valence-electron chi connectivity index (χ0n) is 13.0. The van der Waals surface area contributed by atoms with Crippen LogP contribution in [0.3, 0.4) is 0 Å². The van der Waals surface area contributed by atoms with Gasteiger partial charge in [0.05, 0.1) is 6.04 Å². The Morgan fingerprint density at radius 3 is 2.57 bits per heavy atom. The predicted molar refractivity (Wildman–Crippen MR) is 84.7 cm³/mol. The standard InChI is InChI=1S/C17H22N2O4/c18-13(11-12-5-2-1-3-6-12)15(20)8-9-16(21)19-10-4-7-14(19)17(22)23/h1-3,5-6,13-14H,4,7-11,18H2,(H,22,23)/t13?,14-/m0/s1. The number of ketones is 1. The van der Waals surface area contributed by atoms with Crippen molar-refractivity contribution in [1.29, 1.82) is 0 Å². The summed E-state index contributed by atoms with van der Waals surface area (Å²) in [4.78, 5) is 36.6. The van der Waals surface area contributed by atoms with Crippen molar-refractivity contribution < 1.29 is 19.5 Å². The van der Waals surface area contributed by atoms with Crippen molar-refractivity contribution in [3.63, 3.8) is 0 Å². The molecule has 3 N–H and O–H groups in total. The lowest BCUT2D eigenvalue weighted by atomic mass is 10.0. The van der Waals surface area contributed by atoms with E-state index in [0.29, 0.717) is 25.8 Å². The Bertz CT molecular complexity index is 573. The Hall–Kier alpha value is -2.21. The van der Waals surface area contributed by atoms with Crippen LogP contribution in [0, 0.1) is 0 Å². The molecule has 1 saturated heterocycles. The summed E-state index contributed by atoms with van der Waals surface area (Å²) in [6, 6.07) is 8.07. The van der Waals surface area contributed by atoms with Crippen LogP contribution in [-0.2, 0) is 20.8 Å². The molecule has 23 heavy (non-hydrogen) atoms. The van der Waals surface area contributed by atoms with Crippen molar-refractivity contribution in [3.8, 4) is 0 Å². The number of carboxylic acids is 1. The van der Waals surface area contributed by atoms with Crippen molar-refractivity contribution >= 4 is 17.7 Å². The van der Waals surface area contributed by atoms with E-state index < -0.39 is 18.1 Å². The minimum Gasteiger partial charge on any atom is -0.480 e. The maximum absolute atomic E-state index is 12.1. The van der Waals surface area contributed by atoms with E-state index in [0.717, 1.165) is 5.56 Å². The molecule has 1 aliphatic heterocycles. The van der Waals surface area contributed by atoms with Gasteiger partial charge in [-0.25, -0.2) is 4.79 Å². The Kier molecular flexibility index (Phi) is 5.87. The number of rotatable bonds is 7. The number of carbonyl (C=O) groups excluding carboxylic acids is 2. The van der Waals surface area contributed by atoms with Crippen LogP contribution in [0.5, 0.6) is 0 Å². The van der Waals surface area contributed by atoms with Gasteiger partial charge >= 0.3 is 5.97 Å². The number of nitrogens with zero attached hydrogens (tertiary/aromatic N) is 1. The summed E-state index contributed by atoms with van der Waals surface area (Å²) >= 11 is 0. The molecular weight excluding hydrogens is 296 g/mol. The third-order valence-electron chi connectivity index (χ3n) is 4.16. The summed E-state index contributed by atoms with van der Waals surface area (Å²) in [5.74, 6) is -1.44. The van der Waals surface area contributed by atoms with Crippen LogP contribution in [0.4, 0.5) is 0 Å². The first kappa shape index (κ1) is 17.1. The Labute approximate surface area is 135 Å². The van der Waals surface area contributed by atoms with Crippen molar-refractivity contribution in [3.05, 3.63) is 35.9 Å². The lowest BCUT2D eigenvalue weighted by Gasteiger charge is -2.21. The summed E-state index contributed by atoms with van der Waals surface area (Å²) in [5.41, 5.74) is 6.87. The zero-order chi connectivity index (χ0) is 16.8. The smallest absolute Gasteiger partial charge is 0.326 e. The van der Waals surface area contributed by atoms with E-state index in [1.54, 1.807) is 0 Å². The first-order valence-electron chi connectivity index (χ1n) is 7.83. The van der Waals surface area contributed by atoms with Crippen LogP contribution in [0.25, 0.3) is 0 Å². The first-order chi connectivity index (χ1) is 11.0. The molecule has 6 nitrogen and oxygen atoms in total. The van der Waals surface area contributed by atoms with Crippen molar-refractivity contribution in [2.45, 2.75) is 44.2 Å². The number of Topliss-reactive ketones (excluding diaryl/α,β-unsaturated/α-hetero) is 1. The van der Waals surface area contributed by atoms with Crippen LogP contribution >= 0.6 is 0 Å². The third-order valence-corrected chi connectivity index (χ3v) is 4.16. The van der Waals surface area contributed by atoms with E-state index in [9.17, 15) is 14.4 Å². The molecule has 1 unspecified atom stereocenters. The molecule has 2 atom stereocenters. The molecule has 6 heteroatoms. The van der Waals surface area contributed by atoms with Gasteiger partial charge in [0.2, 0.25) is 5.91 Å². The van der Waals surface area contributed by atoms with E-state index in [1.807, 2.05) is 30.3 Å². The second-order valence-electron chi connectivity index (χ2n) is 5.85. The molecule has 0 saturated carbocycles. The third kappa shape index (κ3) is 4.63. The van der Waals surface area contributed by atoms with Gasteiger partial charge < -0.3 is 15.7 Å². The molecule has 0 aliphatic carbocycles. The fourth-order valence-electron chi connectivity index (χ4n) is 2.86. The van der Waals surface area contributed by atoms with Gasteiger partial charge in [-0.3, -0.25) is 9.59 Å². The van der Waals surface area contributed by atoms with Crippen molar-refractivity contribution in [1.82, 2.24) is 4.90 Å². The number of likely N-dealkylation sites (tertiary alicyclic amines) is 1. The summed E-state index contributed by atoms with van der Waals surface area (Å²) < 4.78 is 0. The van der Waals surface area contributed by atoms with Gasteiger partial charge in [0.1, 0.15) is 11.8 Å². The molecule has 1 amide bonds. The Balaban J connectivity index is 1.81. The summed E-state index contributed by atoms with van der Waals surface area (Å²) in [6.45, 7) is 0.445. The average Bonchev–Trinajstić information content (AvgIpc) is 3.03. The van der Waals surface area contributed by atoms with E-state index in [4.69, 9.17) is 10.8 Å². The maximum atomic E-state index is 12.1. The summed E-state index contributed by atoms with van der Waals surface area (Å²) in [6.07, 6.45) is 1.67. The monoisotopic (exact) mass is 318 g/mol. The van der Waals surface area contributed by atoms with Gasteiger partial charge in [0.15, 0.2) is 0 Å². The van der Waals surface area contributed by atoms with Gasteiger partial charge in [0.25, 0.3) is 0 Å². The molecular formula is C17H22N2O4. The number of carboxylic acid groups (broad SMARTS) is 1. The topological polar surface area (TPSA) is 101 Å². The highest BCUT2D eigenvalue weighted by Crippen LogP contribution is 2.19. The SMILES string of the molecule is NC(Cc1ccccc1)C(=O)CCC(=O)N1CCC[C@H]1C(=O)O. The fourth-order valence-corrected chi connectivity index (χ4v) is 2.86. The van der Waals surface area contributed by atoms with Crippen LogP contribution < -0.4 is 5.73 Å². The lowest BCUT2D eigenvalue weighted by molar-refractivity contribution is -0.148. The average molecular weight is 318 g/mol. The minimum absolute atomic E-state index is 0.0190. The molecule has 1 aliphatic rings. The molecule has 1 aromatic rings. The highest BCUT2D eigenvalue weighted by Gasteiger charge is 2.33. The minimum atomic E-state index is -0.983. The van der Waals surface area contributed by atoms with Crippen molar-refractivity contribution in [2.75, 3.05) is 6.54 Å². The highest BCUT2D eigenvalue weighted by molar-refractivity contribution is 5.90. The van der Waals surface area contributed by atoms with Crippen LogP contribution in [0.2, 0.25) is 0 Å². The number of carbonyl (C=O) groups is 3. The molecule has 1 heterocycles. The Morgan fingerprint density at radius 2 is 1.91 bits per heavy atom. The number of aliphatic carboxylic acids is 1. The van der Waals surface area contributed by atoms with Gasteiger partial charge in [0, 0.05) is 19.4 Å². The number of hydrogen-bond donors (Lipinski definition) is 2. The van der Waals surface area contributed by atoms with Gasteiger partial charge in [-0.15, -0.1) is 0 Å². The van der Waals surface area contributed by atoms with E-state index in [-0.39, 0.29) is 24.5 Å². The number of hydrogen-bond acceptors (Lipinski definition) is 4. The quantitative estimate of drug-likeness (QED) is 0.780. The maximum Gasteiger partial charge on any atom is 0.326 e. The van der Waals surface area contributed by atoms with Crippen LogP contribution in [-0.4, -0.2) is 46.3 Å². The molecule has 0 spiro atoms. The van der Waals surface area contributed by atoms with E-state index >= 15 is 0 Å².